The van der Waals surface area contributed by atoms with Crippen LogP contribution < -0.4 is 10.1 Å². The molecule has 1 aromatic heterocycles. The smallest absolute Gasteiger partial charge is 0.213 e. The zero-order valence-corrected chi connectivity index (χ0v) is 9.20. The van der Waals surface area contributed by atoms with Gasteiger partial charge in [-0.2, -0.15) is 0 Å². The fourth-order valence-electron chi connectivity index (χ4n) is 2.12. The van der Waals surface area contributed by atoms with E-state index in [2.05, 4.69) is 16.4 Å². The van der Waals surface area contributed by atoms with E-state index in [0.29, 0.717) is 0 Å². The maximum Gasteiger partial charge on any atom is 0.213 e. The summed E-state index contributed by atoms with van der Waals surface area (Å²) < 4.78 is 5.12. The molecule has 2 heterocycles. The molecule has 3 nitrogen and oxygen atoms in total. The van der Waals surface area contributed by atoms with Gasteiger partial charge >= 0.3 is 0 Å². The molecular weight excluding hydrogens is 188 g/mol. The first-order valence-electron chi connectivity index (χ1n) is 5.58. The van der Waals surface area contributed by atoms with Crippen molar-refractivity contribution in [2.45, 2.75) is 19.3 Å². The quantitative estimate of drug-likeness (QED) is 0.816. The van der Waals surface area contributed by atoms with Crippen molar-refractivity contribution in [3.05, 3.63) is 23.9 Å². The van der Waals surface area contributed by atoms with Crippen molar-refractivity contribution >= 4 is 0 Å². The molecular formula is C12H18N2O. The number of aromatic nitrogens is 1. The number of rotatable bonds is 3. The third-order valence-electron chi connectivity index (χ3n) is 2.93. The lowest BCUT2D eigenvalue weighted by Crippen LogP contribution is -2.30. The summed E-state index contributed by atoms with van der Waals surface area (Å²) in [5.74, 6) is 1.49. The molecule has 3 heteroatoms. The molecule has 2 rings (SSSR count). The highest BCUT2D eigenvalue weighted by molar-refractivity contribution is 5.20. The molecule has 0 aromatic carbocycles. The van der Waals surface area contributed by atoms with Crippen molar-refractivity contribution < 1.29 is 4.74 Å². The summed E-state index contributed by atoms with van der Waals surface area (Å²) in [6.07, 6.45) is 5.58. The Morgan fingerprint density at radius 2 is 2.53 bits per heavy atom. The highest BCUT2D eigenvalue weighted by Crippen LogP contribution is 2.18. The summed E-state index contributed by atoms with van der Waals surface area (Å²) in [5.41, 5.74) is 1.33. The molecule has 1 aromatic rings. The van der Waals surface area contributed by atoms with Crippen LogP contribution in [0, 0.1) is 5.92 Å². The van der Waals surface area contributed by atoms with Crippen LogP contribution in [0.25, 0.3) is 0 Å². The third kappa shape index (κ3) is 2.93. The first-order valence-corrected chi connectivity index (χ1v) is 5.58. The number of nitrogens with one attached hydrogen (secondary N) is 1. The summed E-state index contributed by atoms with van der Waals surface area (Å²) in [4.78, 5) is 4.11. The third-order valence-corrected chi connectivity index (χ3v) is 2.93. The van der Waals surface area contributed by atoms with Crippen LogP contribution in [0.2, 0.25) is 0 Å². The Morgan fingerprint density at radius 1 is 1.60 bits per heavy atom. The Labute approximate surface area is 90.9 Å². The first-order chi connectivity index (χ1) is 7.38. The Balaban J connectivity index is 1.96. The van der Waals surface area contributed by atoms with Crippen LogP contribution in [-0.2, 0) is 6.42 Å². The number of pyridine rings is 1. The van der Waals surface area contributed by atoms with E-state index >= 15 is 0 Å². The van der Waals surface area contributed by atoms with Gasteiger partial charge in [0.25, 0.3) is 0 Å². The number of piperidine rings is 1. The number of hydrogen-bond acceptors (Lipinski definition) is 3. The standard InChI is InChI=1S/C12H18N2O/c1-15-12-8-10(4-6-14-12)7-11-3-2-5-13-9-11/h4,6,8,11,13H,2-3,5,7,9H2,1H3/t11-/m1/s1. The molecule has 0 bridgehead atoms. The zero-order chi connectivity index (χ0) is 10.5. The number of methoxy groups -OCH3 is 1. The van der Waals surface area contributed by atoms with Gasteiger partial charge in [0.15, 0.2) is 0 Å². The van der Waals surface area contributed by atoms with Crippen LogP contribution in [-0.4, -0.2) is 25.2 Å². The van der Waals surface area contributed by atoms with Crippen LogP contribution >= 0.6 is 0 Å². The number of hydrogen-bond donors (Lipinski definition) is 1. The largest absolute Gasteiger partial charge is 0.481 e. The Hall–Kier alpha value is -1.09. The van der Waals surface area contributed by atoms with Crippen molar-refractivity contribution in [1.82, 2.24) is 10.3 Å². The zero-order valence-electron chi connectivity index (χ0n) is 9.20. The molecule has 1 fully saturated rings. The molecule has 82 valence electrons. The minimum atomic E-state index is 0.719. The summed E-state index contributed by atoms with van der Waals surface area (Å²) in [7, 11) is 1.66. The van der Waals surface area contributed by atoms with Crippen molar-refractivity contribution in [1.29, 1.82) is 0 Å². The van der Waals surface area contributed by atoms with Crippen LogP contribution in [0.1, 0.15) is 18.4 Å². The lowest BCUT2D eigenvalue weighted by Gasteiger charge is -2.22. The van der Waals surface area contributed by atoms with Gasteiger partial charge in [-0.05, 0) is 49.9 Å². The minimum absolute atomic E-state index is 0.719. The Bertz CT molecular complexity index is 308. The van der Waals surface area contributed by atoms with E-state index < -0.39 is 0 Å². The second-order valence-electron chi connectivity index (χ2n) is 4.12. The van der Waals surface area contributed by atoms with Crippen molar-refractivity contribution in [3.8, 4) is 5.88 Å². The van der Waals surface area contributed by atoms with E-state index in [1.807, 2.05) is 12.3 Å². The molecule has 1 aliphatic heterocycles. The van der Waals surface area contributed by atoms with E-state index in [4.69, 9.17) is 4.74 Å². The van der Waals surface area contributed by atoms with Crippen LogP contribution in [0.15, 0.2) is 18.3 Å². The van der Waals surface area contributed by atoms with E-state index in [0.717, 1.165) is 24.8 Å². The van der Waals surface area contributed by atoms with Gasteiger partial charge < -0.3 is 10.1 Å². The molecule has 15 heavy (non-hydrogen) atoms. The van der Waals surface area contributed by atoms with Crippen molar-refractivity contribution in [2.24, 2.45) is 5.92 Å². The van der Waals surface area contributed by atoms with E-state index in [1.165, 1.54) is 24.9 Å². The second kappa shape index (κ2) is 5.12. The topological polar surface area (TPSA) is 34.1 Å². The summed E-state index contributed by atoms with van der Waals surface area (Å²) in [6.45, 7) is 2.32. The summed E-state index contributed by atoms with van der Waals surface area (Å²) in [5, 5.41) is 3.44. The average molecular weight is 206 g/mol. The summed E-state index contributed by atoms with van der Waals surface area (Å²) >= 11 is 0. The number of ether oxygens (including phenoxy) is 1. The highest BCUT2D eigenvalue weighted by Gasteiger charge is 2.13. The molecule has 1 atom stereocenters. The van der Waals surface area contributed by atoms with E-state index in [1.54, 1.807) is 7.11 Å². The lowest BCUT2D eigenvalue weighted by molar-refractivity contribution is 0.373. The Morgan fingerprint density at radius 3 is 3.27 bits per heavy atom. The summed E-state index contributed by atoms with van der Waals surface area (Å²) in [6, 6.07) is 4.12. The molecule has 1 aliphatic rings. The van der Waals surface area contributed by atoms with Crippen molar-refractivity contribution in [3.63, 3.8) is 0 Å². The first kappa shape index (κ1) is 10.4. The SMILES string of the molecule is COc1cc(C[C@H]2CCCNC2)ccn1. The molecule has 0 amide bonds. The van der Waals surface area contributed by atoms with Gasteiger partial charge in [-0.1, -0.05) is 0 Å². The fraction of sp³-hybridized carbons (Fsp3) is 0.583. The molecule has 0 radical (unpaired) electrons. The predicted octanol–water partition coefficient (Wildman–Crippen LogP) is 1.63. The van der Waals surface area contributed by atoms with Gasteiger partial charge in [-0.3, -0.25) is 0 Å². The molecule has 1 saturated heterocycles. The average Bonchev–Trinajstić information content (AvgIpc) is 2.31. The number of nitrogens with zero attached hydrogens (tertiary/aromatic N) is 1. The molecule has 0 saturated carbocycles. The molecule has 0 unspecified atom stereocenters. The molecule has 0 aliphatic carbocycles. The molecule has 1 N–H and O–H groups in total. The van der Waals surface area contributed by atoms with Crippen LogP contribution in [0.5, 0.6) is 5.88 Å². The maximum atomic E-state index is 5.12. The van der Waals surface area contributed by atoms with Crippen LogP contribution in [0.3, 0.4) is 0 Å². The minimum Gasteiger partial charge on any atom is -0.481 e. The monoisotopic (exact) mass is 206 g/mol. The fourth-order valence-corrected chi connectivity index (χ4v) is 2.12. The lowest BCUT2D eigenvalue weighted by atomic mass is 9.93. The van der Waals surface area contributed by atoms with Gasteiger partial charge in [0.1, 0.15) is 0 Å². The van der Waals surface area contributed by atoms with Crippen LogP contribution in [0.4, 0.5) is 0 Å². The maximum absolute atomic E-state index is 5.12. The van der Waals surface area contributed by atoms with Gasteiger partial charge in [0, 0.05) is 12.3 Å². The normalized spacial score (nSPS) is 21.3. The van der Waals surface area contributed by atoms with Gasteiger partial charge in [-0.15, -0.1) is 0 Å². The van der Waals surface area contributed by atoms with Crippen molar-refractivity contribution in [2.75, 3.05) is 20.2 Å². The second-order valence-corrected chi connectivity index (χ2v) is 4.12. The highest BCUT2D eigenvalue weighted by atomic mass is 16.5. The van der Waals surface area contributed by atoms with E-state index in [-0.39, 0.29) is 0 Å². The van der Waals surface area contributed by atoms with E-state index in [9.17, 15) is 0 Å². The van der Waals surface area contributed by atoms with Gasteiger partial charge in [0.2, 0.25) is 5.88 Å². The predicted molar refractivity (Wildman–Crippen MR) is 60.1 cm³/mol. The van der Waals surface area contributed by atoms with Gasteiger partial charge in [-0.25, -0.2) is 4.98 Å². The molecule has 0 spiro atoms. The Kier molecular flexibility index (Phi) is 3.56. The van der Waals surface area contributed by atoms with Gasteiger partial charge in [0.05, 0.1) is 7.11 Å².